The molecule has 10 heteroatoms. The molecule has 0 aromatic carbocycles. The highest BCUT2D eigenvalue weighted by Gasteiger charge is 2.45. The molecule has 1 fully saturated rings. The summed E-state index contributed by atoms with van der Waals surface area (Å²) in [4.78, 5) is 25.9. The van der Waals surface area contributed by atoms with Crippen LogP contribution in [0.4, 0.5) is 0 Å². The van der Waals surface area contributed by atoms with Crippen molar-refractivity contribution in [2.75, 3.05) is 40.6 Å². The molecular weight excluding hydrogens is 556 g/mol. The van der Waals surface area contributed by atoms with Crippen molar-refractivity contribution in [3.63, 3.8) is 0 Å². The lowest BCUT2D eigenvalue weighted by atomic mass is 9.83. The number of allylic oxidation sites excluding steroid dienone is 3. The molecule has 0 aromatic rings. The van der Waals surface area contributed by atoms with Crippen LogP contribution in [-0.4, -0.2) is 94.5 Å². The highest BCUT2D eigenvalue weighted by molar-refractivity contribution is 5.91. The predicted molar refractivity (Wildman–Crippen MR) is 162 cm³/mol. The quantitative estimate of drug-likeness (QED) is 0.262. The molecule has 10 nitrogen and oxygen atoms in total. The van der Waals surface area contributed by atoms with Gasteiger partial charge in [0.25, 0.3) is 0 Å². The molecule has 43 heavy (non-hydrogen) atoms. The Morgan fingerprint density at radius 2 is 1.67 bits per heavy atom. The number of carbonyl (C=O) groups is 2. The zero-order chi connectivity index (χ0) is 31.9. The van der Waals surface area contributed by atoms with E-state index in [0.29, 0.717) is 38.9 Å². The Kier molecular flexibility index (Phi) is 17.2. The SMILES string of the molecule is CCOC(C[C@@H]1C[C@@H](C)CCC(=O)OC[C@@H](COC2O[C@H](C)C(O)C(OC)C2OC)/C=C(C)/C=C/C(=O)[C@H](C)C1)OCC. The number of rotatable bonds is 11. The van der Waals surface area contributed by atoms with Crippen molar-refractivity contribution in [1.82, 2.24) is 0 Å². The topological polar surface area (TPSA) is 119 Å². The lowest BCUT2D eigenvalue weighted by molar-refractivity contribution is -0.303. The zero-order valence-electron chi connectivity index (χ0n) is 27.5. The van der Waals surface area contributed by atoms with E-state index >= 15 is 0 Å². The van der Waals surface area contributed by atoms with Gasteiger partial charge in [-0.15, -0.1) is 0 Å². The van der Waals surface area contributed by atoms with Gasteiger partial charge >= 0.3 is 5.97 Å². The number of esters is 1. The molecule has 2 aliphatic heterocycles. The van der Waals surface area contributed by atoms with Crippen molar-refractivity contribution >= 4 is 11.8 Å². The summed E-state index contributed by atoms with van der Waals surface area (Å²) in [6, 6.07) is 0. The summed E-state index contributed by atoms with van der Waals surface area (Å²) in [6.07, 6.45) is 4.91. The van der Waals surface area contributed by atoms with E-state index in [1.807, 2.05) is 33.8 Å². The number of hydrogen-bond acceptors (Lipinski definition) is 10. The van der Waals surface area contributed by atoms with E-state index in [2.05, 4.69) is 6.92 Å². The van der Waals surface area contributed by atoms with Crippen LogP contribution in [0.2, 0.25) is 0 Å². The maximum Gasteiger partial charge on any atom is 0.305 e. The molecule has 2 aliphatic rings. The molecule has 4 unspecified atom stereocenters. The highest BCUT2D eigenvalue weighted by Crippen LogP contribution is 2.30. The molecule has 0 spiro atoms. The number of aliphatic hydroxyl groups excluding tert-OH is 1. The molecule has 0 bridgehead atoms. The highest BCUT2D eigenvalue weighted by atomic mass is 16.7. The van der Waals surface area contributed by atoms with Gasteiger partial charge in [0.15, 0.2) is 18.4 Å². The maximum absolute atomic E-state index is 13.1. The van der Waals surface area contributed by atoms with Gasteiger partial charge in [0.05, 0.1) is 19.3 Å². The van der Waals surface area contributed by atoms with Crippen LogP contribution in [0.15, 0.2) is 23.8 Å². The summed E-state index contributed by atoms with van der Waals surface area (Å²) < 4.78 is 40.3. The van der Waals surface area contributed by atoms with Crippen molar-refractivity contribution in [2.45, 2.75) is 111 Å². The second-order valence-electron chi connectivity index (χ2n) is 12.0. The van der Waals surface area contributed by atoms with Crippen molar-refractivity contribution in [3.8, 4) is 0 Å². The standard InChI is InChI=1S/C33H56O10/c1-9-39-29(40-10-2)18-25-15-22(4)12-14-28(35)41-19-26(16-21(3)11-13-27(34)23(5)17-25)20-42-33-32(38-8)31(37-7)30(36)24(6)43-33/h11,13,16,22-26,29-33,36H,9-10,12,14-15,17-20H2,1-8H3/b13-11+,21-16+/t22-,23+,24+,25+,26-,30?,31?,32?,33?/m0/s1. The van der Waals surface area contributed by atoms with Crippen LogP contribution in [-0.2, 0) is 42.7 Å². The number of hydrogen-bond donors (Lipinski definition) is 1. The number of ketones is 1. The monoisotopic (exact) mass is 612 g/mol. The van der Waals surface area contributed by atoms with Gasteiger partial charge in [-0.05, 0) is 64.9 Å². The van der Waals surface area contributed by atoms with E-state index in [0.717, 1.165) is 12.0 Å². The molecule has 0 saturated carbocycles. The smallest absolute Gasteiger partial charge is 0.305 e. The van der Waals surface area contributed by atoms with Crippen molar-refractivity contribution in [1.29, 1.82) is 0 Å². The van der Waals surface area contributed by atoms with Crippen molar-refractivity contribution in [2.24, 2.45) is 23.7 Å². The third-order valence-electron chi connectivity index (χ3n) is 8.23. The first-order valence-corrected chi connectivity index (χ1v) is 15.8. The molecule has 0 aromatic heterocycles. The summed E-state index contributed by atoms with van der Waals surface area (Å²) in [5.41, 5.74) is 0.849. The first kappa shape index (κ1) is 37.5. The van der Waals surface area contributed by atoms with Crippen LogP contribution in [0.1, 0.15) is 73.6 Å². The minimum Gasteiger partial charge on any atom is -0.465 e. The van der Waals surface area contributed by atoms with Gasteiger partial charge in [0.1, 0.15) is 18.3 Å². The lowest BCUT2D eigenvalue weighted by Gasteiger charge is -2.42. The largest absolute Gasteiger partial charge is 0.465 e. The van der Waals surface area contributed by atoms with E-state index < -0.39 is 30.7 Å². The first-order chi connectivity index (χ1) is 20.5. The fourth-order valence-electron chi connectivity index (χ4n) is 5.86. The van der Waals surface area contributed by atoms with Crippen LogP contribution in [0, 0.1) is 23.7 Å². The number of aliphatic hydroxyl groups is 1. The van der Waals surface area contributed by atoms with Crippen LogP contribution in [0.25, 0.3) is 0 Å². The Bertz CT molecular complexity index is 883. The molecule has 2 rings (SSSR count). The molecule has 0 amide bonds. The Morgan fingerprint density at radius 1 is 1.00 bits per heavy atom. The fraction of sp³-hybridized carbons (Fsp3) is 0.818. The number of carbonyl (C=O) groups excluding carboxylic acids is 2. The van der Waals surface area contributed by atoms with Crippen LogP contribution in [0.5, 0.6) is 0 Å². The van der Waals surface area contributed by atoms with Gasteiger partial charge in [-0.2, -0.15) is 0 Å². The van der Waals surface area contributed by atoms with Gasteiger partial charge in [0.2, 0.25) is 0 Å². The molecule has 0 aliphatic carbocycles. The molecule has 9 atom stereocenters. The summed E-state index contributed by atoms with van der Waals surface area (Å²) >= 11 is 0. The second kappa shape index (κ2) is 19.7. The van der Waals surface area contributed by atoms with Gasteiger partial charge in [-0.3, -0.25) is 9.59 Å². The minimum absolute atomic E-state index is 0.0674. The lowest BCUT2D eigenvalue weighted by Crippen LogP contribution is -2.58. The van der Waals surface area contributed by atoms with Gasteiger partial charge < -0.3 is 38.3 Å². The Labute approximate surface area is 258 Å². The molecule has 0 radical (unpaired) electrons. The second-order valence-corrected chi connectivity index (χ2v) is 12.0. The average molecular weight is 613 g/mol. The van der Waals surface area contributed by atoms with E-state index in [1.54, 1.807) is 19.1 Å². The molecule has 1 N–H and O–H groups in total. The van der Waals surface area contributed by atoms with E-state index in [1.165, 1.54) is 14.2 Å². The van der Waals surface area contributed by atoms with E-state index in [9.17, 15) is 14.7 Å². The molecule has 1 saturated heterocycles. The minimum atomic E-state index is -0.862. The average Bonchev–Trinajstić information content (AvgIpc) is 2.97. The summed E-state index contributed by atoms with van der Waals surface area (Å²) in [7, 11) is 3.02. The third kappa shape index (κ3) is 12.7. The normalized spacial score (nSPS) is 35.8. The Hall–Kier alpha value is -1.66. The van der Waals surface area contributed by atoms with Gasteiger partial charge in [-0.1, -0.05) is 31.6 Å². The molecule has 248 valence electrons. The number of ether oxygens (including phenoxy) is 7. The van der Waals surface area contributed by atoms with Crippen LogP contribution < -0.4 is 0 Å². The molecule has 2 heterocycles. The third-order valence-corrected chi connectivity index (χ3v) is 8.23. The van der Waals surface area contributed by atoms with E-state index in [-0.39, 0.29) is 54.9 Å². The van der Waals surface area contributed by atoms with Crippen molar-refractivity contribution < 1.29 is 47.9 Å². The number of methoxy groups -OCH3 is 2. The first-order valence-electron chi connectivity index (χ1n) is 15.8. The summed E-state index contributed by atoms with van der Waals surface area (Å²) in [6.45, 7) is 13.1. The predicted octanol–water partition coefficient (Wildman–Crippen LogP) is 4.62. The van der Waals surface area contributed by atoms with Crippen molar-refractivity contribution in [3.05, 3.63) is 23.8 Å². The molecular formula is C33H56O10. The number of cyclic esters (lactones) is 1. The fourth-order valence-corrected chi connectivity index (χ4v) is 5.86. The summed E-state index contributed by atoms with van der Waals surface area (Å²) in [5.74, 6) is -0.178. The Morgan fingerprint density at radius 3 is 2.30 bits per heavy atom. The van der Waals surface area contributed by atoms with Gasteiger partial charge in [0, 0.05) is 52.1 Å². The van der Waals surface area contributed by atoms with Crippen LogP contribution in [0.3, 0.4) is 0 Å². The van der Waals surface area contributed by atoms with Gasteiger partial charge in [-0.25, -0.2) is 0 Å². The van der Waals surface area contributed by atoms with E-state index in [4.69, 9.17) is 33.2 Å². The zero-order valence-corrected chi connectivity index (χ0v) is 27.5. The maximum atomic E-state index is 13.1. The van der Waals surface area contributed by atoms with Crippen LogP contribution >= 0.6 is 0 Å². The summed E-state index contributed by atoms with van der Waals surface area (Å²) in [5, 5.41) is 10.5. The Balaban J connectivity index is 2.19.